The zero-order valence-corrected chi connectivity index (χ0v) is 14.2. The van der Waals surface area contributed by atoms with Crippen molar-refractivity contribution in [2.45, 2.75) is 97.3 Å². The highest BCUT2D eigenvalue weighted by molar-refractivity contribution is 4.80. The molecular weight excluding hydrogens is 256 g/mol. The molecule has 0 fully saturated rings. The highest BCUT2D eigenvalue weighted by Crippen LogP contribution is 2.04. The molecule has 0 saturated carbocycles. The lowest BCUT2D eigenvalue weighted by molar-refractivity contribution is 0.640. The van der Waals surface area contributed by atoms with Gasteiger partial charge in [0.15, 0.2) is 0 Å². The molecule has 0 N–H and O–H groups in total. The van der Waals surface area contributed by atoms with E-state index in [9.17, 15) is 0 Å². The van der Waals surface area contributed by atoms with E-state index in [4.69, 9.17) is 10.5 Å². The van der Waals surface area contributed by atoms with E-state index in [0.717, 1.165) is 25.7 Å². The summed E-state index contributed by atoms with van der Waals surface area (Å²) in [4.78, 5) is 0. The molecule has 0 aliphatic rings. The van der Waals surface area contributed by atoms with Gasteiger partial charge in [-0.1, -0.05) is 64.5 Å². The molecule has 0 bridgehead atoms. The molecule has 0 aromatic rings. The van der Waals surface area contributed by atoms with Crippen LogP contribution >= 0.6 is 0 Å². The van der Waals surface area contributed by atoms with Gasteiger partial charge < -0.3 is 0 Å². The molecule has 21 heavy (non-hydrogen) atoms. The van der Waals surface area contributed by atoms with Crippen LogP contribution in [-0.4, -0.2) is 0 Å². The minimum absolute atomic E-state index is 0.721. The van der Waals surface area contributed by atoms with Gasteiger partial charge in [0.1, 0.15) is 0 Å². The summed E-state index contributed by atoms with van der Waals surface area (Å²) in [6.45, 7) is 4.39. The molecule has 0 spiro atoms. The summed E-state index contributed by atoms with van der Waals surface area (Å²) in [6.07, 6.45) is 19.4. The third kappa shape index (κ3) is 27.8. The van der Waals surface area contributed by atoms with Crippen LogP contribution in [0.4, 0.5) is 0 Å². The van der Waals surface area contributed by atoms with Crippen molar-refractivity contribution in [3.05, 3.63) is 12.2 Å². The molecule has 0 heterocycles. The molecule has 0 amide bonds. The van der Waals surface area contributed by atoms with Gasteiger partial charge in [0.25, 0.3) is 0 Å². The lowest BCUT2D eigenvalue weighted by Gasteiger charge is -1.92. The molecule has 2 nitrogen and oxygen atoms in total. The van der Waals surface area contributed by atoms with Gasteiger partial charge in [0, 0.05) is 12.8 Å². The van der Waals surface area contributed by atoms with Gasteiger partial charge in [0.05, 0.1) is 12.1 Å². The first kappa shape index (κ1) is 22.0. The van der Waals surface area contributed by atoms with E-state index in [-0.39, 0.29) is 0 Å². The third-order valence-electron chi connectivity index (χ3n) is 3.17. The predicted octanol–water partition coefficient (Wildman–Crippen LogP) is 6.69. The van der Waals surface area contributed by atoms with E-state index in [1.54, 1.807) is 0 Å². The van der Waals surface area contributed by atoms with Gasteiger partial charge in [-0.3, -0.25) is 0 Å². The summed E-state index contributed by atoms with van der Waals surface area (Å²) in [5, 5.41) is 16.4. The molecule has 0 atom stereocenters. The second-order valence-electron chi connectivity index (χ2n) is 5.34. The summed E-state index contributed by atoms with van der Waals surface area (Å²) < 4.78 is 0. The van der Waals surface area contributed by atoms with E-state index < -0.39 is 0 Å². The van der Waals surface area contributed by atoms with Crippen molar-refractivity contribution in [3.63, 3.8) is 0 Å². The van der Waals surface area contributed by atoms with Crippen molar-refractivity contribution in [2.24, 2.45) is 0 Å². The Morgan fingerprint density at radius 3 is 1.67 bits per heavy atom. The average Bonchev–Trinajstić information content (AvgIpc) is 2.51. The first-order chi connectivity index (χ1) is 10.3. The summed E-state index contributed by atoms with van der Waals surface area (Å²) in [5.74, 6) is 0. The lowest BCUT2D eigenvalue weighted by atomic mass is 10.1. The van der Waals surface area contributed by atoms with Crippen molar-refractivity contribution < 1.29 is 0 Å². The molecule has 0 radical (unpaired) electrons. The number of nitrogens with zero attached hydrogens (tertiary/aromatic N) is 2. The Balaban J connectivity index is 0. The van der Waals surface area contributed by atoms with Gasteiger partial charge in [-0.2, -0.15) is 10.5 Å². The fourth-order valence-electron chi connectivity index (χ4n) is 1.85. The van der Waals surface area contributed by atoms with Gasteiger partial charge in [-0.25, -0.2) is 0 Å². The number of allylic oxidation sites excluding steroid dienone is 2. The second-order valence-corrected chi connectivity index (χ2v) is 5.34. The molecular formula is C19H34N2. The normalized spacial score (nSPS) is 9.71. The van der Waals surface area contributed by atoms with Crippen molar-refractivity contribution in [1.82, 2.24) is 0 Å². The molecule has 120 valence electrons. The van der Waals surface area contributed by atoms with Crippen molar-refractivity contribution in [3.8, 4) is 12.1 Å². The maximum atomic E-state index is 8.27. The summed E-state index contributed by atoms with van der Waals surface area (Å²) >= 11 is 0. The Labute approximate surface area is 132 Å². The van der Waals surface area contributed by atoms with Crippen LogP contribution in [0.25, 0.3) is 0 Å². The third-order valence-corrected chi connectivity index (χ3v) is 3.17. The number of hydrogen-bond acceptors (Lipinski definition) is 2. The highest BCUT2D eigenvalue weighted by atomic mass is 14.2. The highest BCUT2D eigenvalue weighted by Gasteiger charge is 1.86. The number of hydrogen-bond donors (Lipinski definition) is 0. The molecule has 0 saturated heterocycles. The smallest absolute Gasteiger partial charge is 0.0621 e. The topological polar surface area (TPSA) is 47.6 Å². The monoisotopic (exact) mass is 290 g/mol. The van der Waals surface area contributed by atoms with Crippen LogP contribution in [0.5, 0.6) is 0 Å². The van der Waals surface area contributed by atoms with Gasteiger partial charge in [-0.05, 0) is 32.1 Å². The zero-order valence-electron chi connectivity index (χ0n) is 14.2. The van der Waals surface area contributed by atoms with Crippen molar-refractivity contribution in [1.29, 1.82) is 10.5 Å². The largest absolute Gasteiger partial charge is 0.198 e. The van der Waals surface area contributed by atoms with Gasteiger partial charge in [-0.15, -0.1) is 0 Å². The molecule has 2 heteroatoms. The Morgan fingerprint density at radius 2 is 1.14 bits per heavy atom. The lowest BCUT2D eigenvalue weighted by Crippen LogP contribution is -1.75. The van der Waals surface area contributed by atoms with E-state index in [1.807, 2.05) is 0 Å². The fraction of sp³-hybridized carbons (Fsp3) is 0.789. The molecule has 0 aromatic carbocycles. The quantitative estimate of drug-likeness (QED) is 0.297. The van der Waals surface area contributed by atoms with Gasteiger partial charge in [0.2, 0.25) is 0 Å². The van der Waals surface area contributed by atoms with E-state index in [0.29, 0.717) is 0 Å². The fourth-order valence-corrected chi connectivity index (χ4v) is 1.85. The Bertz CT molecular complexity index is 281. The number of unbranched alkanes of at least 4 members (excludes halogenated alkanes) is 10. The van der Waals surface area contributed by atoms with Crippen LogP contribution in [0.15, 0.2) is 12.2 Å². The Morgan fingerprint density at radius 1 is 0.619 bits per heavy atom. The Kier molecular flexibility index (Phi) is 24.9. The standard InChI is InChI=1S/C11H19N.C8H15N/c1-2-3-4-5-6-7-8-9-10-11-12;1-2-3-4-5-6-7-8-9/h4-5H,2-3,6-10H2,1H3;2-7H2,1H3/b5-4-;. The number of nitriles is 2. The SMILES string of the molecule is CCC/C=C\CCCCCC#N.CCCCCCCC#N. The minimum Gasteiger partial charge on any atom is -0.198 e. The molecule has 0 aliphatic heterocycles. The molecule has 0 aliphatic carbocycles. The maximum absolute atomic E-state index is 8.27. The van der Waals surface area contributed by atoms with Crippen LogP contribution in [0.1, 0.15) is 97.3 Å². The number of rotatable bonds is 12. The van der Waals surface area contributed by atoms with Crippen LogP contribution in [0.2, 0.25) is 0 Å². The summed E-state index contributed by atoms with van der Waals surface area (Å²) in [6, 6.07) is 4.31. The maximum Gasteiger partial charge on any atom is 0.0621 e. The van der Waals surface area contributed by atoms with E-state index >= 15 is 0 Å². The first-order valence-electron chi connectivity index (χ1n) is 8.72. The molecule has 0 aromatic heterocycles. The van der Waals surface area contributed by atoms with Crippen molar-refractivity contribution in [2.75, 3.05) is 0 Å². The predicted molar refractivity (Wildman–Crippen MR) is 91.7 cm³/mol. The van der Waals surface area contributed by atoms with Crippen LogP contribution in [0, 0.1) is 22.7 Å². The molecule has 0 unspecified atom stereocenters. The second kappa shape index (κ2) is 23.8. The molecule has 0 rings (SSSR count). The van der Waals surface area contributed by atoms with E-state index in [1.165, 1.54) is 57.8 Å². The zero-order chi connectivity index (χ0) is 16.0. The minimum atomic E-state index is 0.721. The summed E-state index contributed by atoms with van der Waals surface area (Å²) in [5.41, 5.74) is 0. The van der Waals surface area contributed by atoms with Crippen LogP contribution in [0.3, 0.4) is 0 Å². The summed E-state index contributed by atoms with van der Waals surface area (Å²) in [7, 11) is 0. The average molecular weight is 290 g/mol. The van der Waals surface area contributed by atoms with E-state index in [2.05, 4.69) is 38.1 Å². The first-order valence-corrected chi connectivity index (χ1v) is 8.72. The Hall–Kier alpha value is -1.28. The van der Waals surface area contributed by atoms with Gasteiger partial charge >= 0.3 is 0 Å². The van der Waals surface area contributed by atoms with Crippen molar-refractivity contribution >= 4 is 0 Å². The van der Waals surface area contributed by atoms with Crippen LogP contribution in [-0.2, 0) is 0 Å². The van der Waals surface area contributed by atoms with Crippen LogP contribution < -0.4 is 0 Å².